The summed E-state index contributed by atoms with van der Waals surface area (Å²) >= 11 is 0. The molecule has 0 radical (unpaired) electrons. The summed E-state index contributed by atoms with van der Waals surface area (Å²) in [6.45, 7) is 6.96. The lowest BCUT2D eigenvalue weighted by atomic mass is 10.1. The third-order valence-electron chi connectivity index (χ3n) is 5.60. The number of hydrogen-bond acceptors (Lipinski definition) is 6. The molecule has 1 N–H and O–H groups in total. The molecule has 2 aromatic rings. The van der Waals surface area contributed by atoms with Gasteiger partial charge in [-0.1, -0.05) is 18.2 Å². The highest BCUT2D eigenvalue weighted by Gasteiger charge is 2.22. The summed E-state index contributed by atoms with van der Waals surface area (Å²) in [5.74, 6) is -0.457. The molecule has 1 aliphatic heterocycles. The summed E-state index contributed by atoms with van der Waals surface area (Å²) in [5.41, 5.74) is 1.79. The molecule has 0 saturated carbocycles. The number of hydrogen-bond donors (Lipinski definition) is 1. The summed E-state index contributed by atoms with van der Waals surface area (Å²) in [4.78, 5) is 39.3. The Bertz CT molecular complexity index is 1020. The lowest BCUT2D eigenvalue weighted by molar-refractivity contribution is -0.134. The number of aryl methyl sites for hydroxylation is 1. The number of esters is 1. The van der Waals surface area contributed by atoms with Crippen molar-refractivity contribution in [2.24, 2.45) is 0 Å². The second-order valence-electron chi connectivity index (χ2n) is 8.18. The second kappa shape index (κ2) is 12.1. The minimum Gasteiger partial charge on any atom is -0.490 e. The Morgan fingerprint density at radius 2 is 1.74 bits per heavy atom. The fraction of sp³-hybridized carbons (Fsp3) is 0.423. The Kier molecular flexibility index (Phi) is 8.90. The van der Waals surface area contributed by atoms with Crippen LogP contribution >= 0.6 is 0 Å². The van der Waals surface area contributed by atoms with E-state index in [4.69, 9.17) is 14.2 Å². The van der Waals surface area contributed by atoms with Gasteiger partial charge in [0.2, 0.25) is 0 Å². The summed E-state index contributed by atoms with van der Waals surface area (Å²) in [6.07, 6.45) is 2.16. The van der Waals surface area contributed by atoms with E-state index < -0.39 is 18.0 Å². The number of benzene rings is 2. The fourth-order valence-electron chi connectivity index (χ4n) is 3.63. The van der Waals surface area contributed by atoms with Crippen molar-refractivity contribution < 1.29 is 28.6 Å². The molecule has 8 nitrogen and oxygen atoms in total. The number of nitrogens with one attached hydrogen (secondary N) is 1. The standard InChI is InChI=1S/C26H32N2O6/c1-4-32-23-16-20(12-13-22(23)33-17-24(29)28-14-8-5-9-15-28)26(31)34-19(3)25(30)27-21-11-7-6-10-18(21)2/h6-7,10-13,16,19H,4-5,8-9,14-15,17H2,1-3H3,(H,27,30). The zero-order valence-corrected chi connectivity index (χ0v) is 20.0. The number of nitrogens with zero attached hydrogens (tertiary/aromatic N) is 1. The van der Waals surface area contributed by atoms with Crippen molar-refractivity contribution in [1.29, 1.82) is 0 Å². The quantitative estimate of drug-likeness (QED) is 0.560. The molecular weight excluding hydrogens is 436 g/mol. The van der Waals surface area contributed by atoms with Gasteiger partial charge in [0.05, 0.1) is 12.2 Å². The third-order valence-corrected chi connectivity index (χ3v) is 5.60. The Morgan fingerprint density at radius 3 is 2.44 bits per heavy atom. The molecule has 1 aliphatic rings. The molecule has 1 unspecified atom stereocenters. The monoisotopic (exact) mass is 468 g/mol. The fourth-order valence-corrected chi connectivity index (χ4v) is 3.63. The van der Waals surface area contributed by atoms with Crippen molar-refractivity contribution in [3.8, 4) is 11.5 Å². The van der Waals surface area contributed by atoms with E-state index >= 15 is 0 Å². The number of carbonyl (C=O) groups is 3. The van der Waals surface area contributed by atoms with Crippen molar-refractivity contribution in [3.63, 3.8) is 0 Å². The van der Waals surface area contributed by atoms with Crippen LogP contribution in [0.3, 0.4) is 0 Å². The summed E-state index contributed by atoms with van der Waals surface area (Å²) in [5, 5.41) is 2.77. The average Bonchev–Trinajstić information content (AvgIpc) is 2.85. The van der Waals surface area contributed by atoms with Crippen molar-refractivity contribution in [3.05, 3.63) is 53.6 Å². The average molecular weight is 469 g/mol. The van der Waals surface area contributed by atoms with Crippen LogP contribution in [0, 0.1) is 6.92 Å². The van der Waals surface area contributed by atoms with Gasteiger partial charge in [-0.3, -0.25) is 9.59 Å². The van der Waals surface area contributed by atoms with Gasteiger partial charge >= 0.3 is 5.97 Å². The van der Waals surface area contributed by atoms with E-state index in [1.54, 1.807) is 17.0 Å². The molecular formula is C26H32N2O6. The molecule has 1 atom stereocenters. The number of carbonyl (C=O) groups excluding carboxylic acids is 3. The molecule has 0 spiro atoms. The molecule has 0 bridgehead atoms. The van der Waals surface area contributed by atoms with E-state index in [1.165, 1.54) is 19.1 Å². The molecule has 2 amide bonds. The van der Waals surface area contributed by atoms with Crippen LogP contribution in [0.25, 0.3) is 0 Å². The Hall–Kier alpha value is -3.55. The predicted molar refractivity (Wildman–Crippen MR) is 128 cm³/mol. The van der Waals surface area contributed by atoms with Crippen LogP contribution in [-0.4, -0.2) is 55.1 Å². The molecule has 182 valence electrons. The topological polar surface area (TPSA) is 94.2 Å². The van der Waals surface area contributed by atoms with Gasteiger partial charge in [0.15, 0.2) is 24.2 Å². The molecule has 0 aliphatic carbocycles. The largest absolute Gasteiger partial charge is 0.490 e. The number of rotatable bonds is 9. The zero-order chi connectivity index (χ0) is 24.5. The molecule has 0 aromatic heterocycles. The van der Waals surface area contributed by atoms with Crippen LogP contribution < -0.4 is 14.8 Å². The SMILES string of the molecule is CCOc1cc(C(=O)OC(C)C(=O)Nc2ccccc2C)ccc1OCC(=O)N1CCCCC1. The van der Waals surface area contributed by atoms with Crippen molar-refractivity contribution in [2.75, 3.05) is 31.6 Å². The summed E-state index contributed by atoms with van der Waals surface area (Å²) < 4.78 is 16.7. The number of amides is 2. The van der Waals surface area contributed by atoms with Crippen LogP contribution in [0.4, 0.5) is 5.69 Å². The molecule has 34 heavy (non-hydrogen) atoms. The molecule has 1 saturated heterocycles. The van der Waals surface area contributed by atoms with Crippen LogP contribution in [0.2, 0.25) is 0 Å². The minimum atomic E-state index is -0.999. The smallest absolute Gasteiger partial charge is 0.339 e. The van der Waals surface area contributed by atoms with Gasteiger partial charge in [-0.25, -0.2) is 4.79 Å². The van der Waals surface area contributed by atoms with E-state index in [2.05, 4.69) is 5.32 Å². The van der Waals surface area contributed by atoms with Crippen LogP contribution in [0.5, 0.6) is 11.5 Å². The van der Waals surface area contributed by atoms with Crippen LogP contribution in [0.15, 0.2) is 42.5 Å². The van der Waals surface area contributed by atoms with E-state index in [1.807, 2.05) is 32.0 Å². The highest BCUT2D eigenvalue weighted by atomic mass is 16.5. The highest BCUT2D eigenvalue weighted by molar-refractivity contribution is 5.98. The first-order valence-electron chi connectivity index (χ1n) is 11.6. The van der Waals surface area contributed by atoms with Crippen molar-refractivity contribution in [2.45, 2.75) is 46.1 Å². The number of piperidine rings is 1. The van der Waals surface area contributed by atoms with Crippen LogP contribution in [0.1, 0.15) is 49.0 Å². The zero-order valence-electron chi connectivity index (χ0n) is 20.0. The van der Waals surface area contributed by atoms with Gasteiger partial charge in [0.1, 0.15) is 0 Å². The first kappa shape index (κ1) is 25.1. The highest BCUT2D eigenvalue weighted by Crippen LogP contribution is 2.29. The van der Waals surface area contributed by atoms with Gasteiger partial charge in [-0.2, -0.15) is 0 Å². The molecule has 1 fully saturated rings. The van der Waals surface area contributed by atoms with Crippen LogP contribution in [-0.2, 0) is 14.3 Å². The second-order valence-corrected chi connectivity index (χ2v) is 8.18. The van der Waals surface area contributed by atoms with Gasteiger partial charge < -0.3 is 24.4 Å². The number of ether oxygens (including phenoxy) is 3. The third kappa shape index (κ3) is 6.73. The Morgan fingerprint density at radius 1 is 1.00 bits per heavy atom. The van der Waals surface area contributed by atoms with E-state index in [-0.39, 0.29) is 18.1 Å². The van der Waals surface area contributed by atoms with Crippen molar-refractivity contribution >= 4 is 23.5 Å². The normalized spacial score (nSPS) is 14.1. The Balaban J connectivity index is 1.61. The molecule has 1 heterocycles. The maximum Gasteiger partial charge on any atom is 0.339 e. The van der Waals surface area contributed by atoms with Gasteiger partial charge in [0, 0.05) is 18.8 Å². The van der Waals surface area contributed by atoms with Gasteiger partial charge in [-0.05, 0) is 69.9 Å². The number of anilines is 1. The van der Waals surface area contributed by atoms with Gasteiger partial charge in [-0.15, -0.1) is 0 Å². The Labute approximate surface area is 200 Å². The van der Waals surface area contributed by atoms with E-state index in [0.717, 1.165) is 37.9 Å². The lowest BCUT2D eigenvalue weighted by Crippen LogP contribution is -2.38. The summed E-state index contributed by atoms with van der Waals surface area (Å²) in [7, 11) is 0. The minimum absolute atomic E-state index is 0.0703. The van der Waals surface area contributed by atoms with E-state index in [9.17, 15) is 14.4 Å². The maximum atomic E-state index is 12.7. The van der Waals surface area contributed by atoms with Gasteiger partial charge in [0.25, 0.3) is 11.8 Å². The number of likely N-dealkylation sites (tertiary alicyclic amines) is 1. The maximum absolute atomic E-state index is 12.7. The molecule has 8 heteroatoms. The van der Waals surface area contributed by atoms with Crippen molar-refractivity contribution in [1.82, 2.24) is 4.90 Å². The molecule has 3 rings (SSSR count). The predicted octanol–water partition coefficient (Wildman–Crippen LogP) is 3.97. The lowest BCUT2D eigenvalue weighted by Gasteiger charge is -2.26. The first-order valence-corrected chi connectivity index (χ1v) is 11.6. The molecule has 2 aromatic carbocycles. The summed E-state index contributed by atoms with van der Waals surface area (Å²) in [6, 6.07) is 12.0. The van der Waals surface area contributed by atoms with E-state index in [0.29, 0.717) is 23.8 Å². The number of para-hydroxylation sites is 1. The first-order chi connectivity index (χ1) is 16.4.